The minimum absolute atomic E-state index is 0.0408. The molecule has 2 heteroatoms. The third-order valence-corrected chi connectivity index (χ3v) is 2.72. The maximum atomic E-state index is 5.80. The van der Waals surface area contributed by atoms with Crippen LogP contribution in [-0.4, -0.2) is 25.8 Å². The highest BCUT2D eigenvalue weighted by atomic mass is 16.5. The first-order valence-electron chi connectivity index (χ1n) is 6.36. The first-order chi connectivity index (χ1) is 8.03. The highest BCUT2D eigenvalue weighted by molar-refractivity contribution is 5.19. The summed E-state index contributed by atoms with van der Waals surface area (Å²) in [5, 5.41) is 3.26. The van der Waals surface area contributed by atoms with Crippen molar-refractivity contribution in [3.05, 3.63) is 35.9 Å². The van der Waals surface area contributed by atoms with Gasteiger partial charge in [-0.25, -0.2) is 0 Å². The molecule has 96 valence electrons. The van der Waals surface area contributed by atoms with Gasteiger partial charge in [-0.3, -0.25) is 0 Å². The Kier molecular flexibility index (Phi) is 5.66. The van der Waals surface area contributed by atoms with E-state index < -0.39 is 0 Å². The van der Waals surface area contributed by atoms with Crippen molar-refractivity contribution in [2.75, 3.05) is 20.2 Å². The van der Waals surface area contributed by atoms with Crippen LogP contribution in [-0.2, 0) is 4.74 Å². The fraction of sp³-hybridized carbons (Fsp3) is 0.600. The summed E-state index contributed by atoms with van der Waals surface area (Å²) in [6, 6.07) is 10.6. The van der Waals surface area contributed by atoms with Gasteiger partial charge < -0.3 is 10.1 Å². The van der Waals surface area contributed by atoms with Gasteiger partial charge in [0.1, 0.15) is 0 Å². The summed E-state index contributed by atoms with van der Waals surface area (Å²) in [7, 11) is 2.00. The Hall–Kier alpha value is -0.860. The number of likely N-dealkylation sites (N-methyl/N-ethyl adjacent to an activating group) is 1. The number of nitrogens with one attached hydrogen (secondary N) is 1. The predicted molar refractivity (Wildman–Crippen MR) is 73.4 cm³/mol. The number of rotatable bonds is 6. The summed E-state index contributed by atoms with van der Waals surface area (Å²) >= 11 is 0. The van der Waals surface area contributed by atoms with Crippen molar-refractivity contribution < 1.29 is 4.74 Å². The van der Waals surface area contributed by atoms with Crippen molar-refractivity contribution in [3.63, 3.8) is 0 Å². The van der Waals surface area contributed by atoms with Crippen LogP contribution in [0.3, 0.4) is 0 Å². The Labute approximate surface area is 105 Å². The fourth-order valence-electron chi connectivity index (χ4n) is 1.87. The van der Waals surface area contributed by atoms with E-state index in [1.165, 1.54) is 5.56 Å². The SMILES string of the molecule is CNCC(CCOC(C)(C)C)c1ccccc1. The second-order valence-corrected chi connectivity index (χ2v) is 5.41. The second kappa shape index (κ2) is 6.77. The molecule has 1 rings (SSSR count). The van der Waals surface area contributed by atoms with Gasteiger partial charge in [-0.1, -0.05) is 30.3 Å². The van der Waals surface area contributed by atoms with E-state index in [1.807, 2.05) is 7.05 Å². The molecule has 1 atom stereocenters. The summed E-state index contributed by atoms with van der Waals surface area (Å²) in [6.07, 6.45) is 1.06. The Bertz CT molecular complexity index is 302. The zero-order chi connectivity index (χ0) is 12.7. The molecule has 0 aliphatic heterocycles. The lowest BCUT2D eigenvalue weighted by atomic mass is 9.96. The van der Waals surface area contributed by atoms with Crippen molar-refractivity contribution in [1.82, 2.24) is 5.32 Å². The number of ether oxygens (including phenoxy) is 1. The van der Waals surface area contributed by atoms with Crippen molar-refractivity contribution in [1.29, 1.82) is 0 Å². The number of hydrogen-bond acceptors (Lipinski definition) is 2. The average molecular weight is 235 g/mol. The normalized spacial score (nSPS) is 13.6. The molecule has 0 spiro atoms. The van der Waals surface area contributed by atoms with Gasteiger partial charge in [-0.2, -0.15) is 0 Å². The van der Waals surface area contributed by atoms with Crippen LogP contribution in [0.2, 0.25) is 0 Å². The van der Waals surface area contributed by atoms with E-state index in [0.29, 0.717) is 5.92 Å². The van der Waals surface area contributed by atoms with Gasteiger partial charge in [0.15, 0.2) is 0 Å². The molecule has 0 fully saturated rings. The third kappa shape index (κ3) is 5.85. The molecule has 0 bridgehead atoms. The van der Waals surface area contributed by atoms with Gasteiger partial charge in [-0.05, 0) is 45.7 Å². The zero-order valence-corrected chi connectivity index (χ0v) is 11.5. The monoisotopic (exact) mass is 235 g/mol. The summed E-state index contributed by atoms with van der Waals surface area (Å²) in [6.45, 7) is 8.11. The van der Waals surface area contributed by atoms with E-state index in [1.54, 1.807) is 0 Å². The average Bonchev–Trinajstić information content (AvgIpc) is 2.27. The van der Waals surface area contributed by atoms with Crippen LogP contribution in [0.25, 0.3) is 0 Å². The summed E-state index contributed by atoms with van der Waals surface area (Å²) in [5.41, 5.74) is 1.35. The molecule has 17 heavy (non-hydrogen) atoms. The standard InChI is InChI=1S/C15H25NO/c1-15(2,3)17-11-10-14(12-16-4)13-8-6-5-7-9-13/h5-9,14,16H,10-12H2,1-4H3. The summed E-state index contributed by atoms with van der Waals surface area (Å²) in [5.74, 6) is 0.531. The van der Waals surface area contributed by atoms with Gasteiger partial charge in [0.2, 0.25) is 0 Å². The van der Waals surface area contributed by atoms with Gasteiger partial charge in [0.05, 0.1) is 5.60 Å². The molecule has 0 saturated heterocycles. The molecule has 0 amide bonds. The maximum absolute atomic E-state index is 5.80. The van der Waals surface area contributed by atoms with Crippen LogP contribution >= 0.6 is 0 Å². The molecule has 1 aromatic rings. The lowest BCUT2D eigenvalue weighted by molar-refractivity contribution is -0.00618. The Morgan fingerprint density at radius 2 is 1.82 bits per heavy atom. The topological polar surface area (TPSA) is 21.3 Å². The highest BCUT2D eigenvalue weighted by Crippen LogP contribution is 2.20. The lowest BCUT2D eigenvalue weighted by Crippen LogP contribution is -2.23. The smallest absolute Gasteiger partial charge is 0.0598 e. The van der Waals surface area contributed by atoms with Gasteiger partial charge in [-0.15, -0.1) is 0 Å². The first kappa shape index (κ1) is 14.2. The van der Waals surface area contributed by atoms with E-state index >= 15 is 0 Å². The quantitative estimate of drug-likeness (QED) is 0.817. The van der Waals surface area contributed by atoms with Crippen LogP contribution in [0.1, 0.15) is 38.7 Å². The predicted octanol–water partition coefficient (Wildman–Crippen LogP) is 3.19. The van der Waals surface area contributed by atoms with Gasteiger partial charge >= 0.3 is 0 Å². The van der Waals surface area contributed by atoms with Crippen LogP contribution in [0.15, 0.2) is 30.3 Å². The molecule has 0 radical (unpaired) electrons. The molecule has 0 aliphatic rings. The molecule has 1 N–H and O–H groups in total. The zero-order valence-electron chi connectivity index (χ0n) is 11.5. The Morgan fingerprint density at radius 3 is 2.35 bits per heavy atom. The van der Waals surface area contributed by atoms with Gasteiger partial charge in [0, 0.05) is 13.2 Å². The third-order valence-electron chi connectivity index (χ3n) is 2.72. The molecule has 0 saturated carbocycles. The number of hydrogen-bond donors (Lipinski definition) is 1. The van der Waals surface area contributed by atoms with E-state index in [-0.39, 0.29) is 5.60 Å². The molecule has 1 aromatic carbocycles. The molecule has 0 aromatic heterocycles. The molecular formula is C15H25NO. The van der Waals surface area contributed by atoms with Crippen molar-refractivity contribution >= 4 is 0 Å². The largest absolute Gasteiger partial charge is 0.376 e. The molecular weight excluding hydrogens is 210 g/mol. The van der Waals surface area contributed by atoms with Crippen molar-refractivity contribution in [2.45, 2.75) is 38.7 Å². The van der Waals surface area contributed by atoms with E-state index in [9.17, 15) is 0 Å². The highest BCUT2D eigenvalue weighted by Gasteiger charge is 2.14. The first-order valence-corrected chi connectivity index (χ1v) is 6.36. The maximum Gasteiger partial charge on any atom is 0.0598 e. The van der Waals surface area contributed by atoms with E-state index in [0.717, 1.165) is 19.6 Å². The Morgan fingerprint density at radius 1 is 1.18 bits per heavy atom. The minimum atomic E-state index is -0.0408. The fourth-order valence-corrected chi connectivity index (χ4v) is 1.87. The van der Waals surface area contributed by atoms with E-state index in [2.05, 4.69) is 56.4 Å². The van der Waals surface area contributed by atoms with Crippen LogP contribution in [0, 0.1) is 0 Å². The van der Waals surface area contributed by atoms with Crippen LogP contribution < -0.4 is 5.32 Å². The summed E-state index contributed by atoms with van der Waals surface area (Å²) in [4.78, 5) is 0. The Balaban J connectivity index is 2.50. The van der Waals surface area contributed by atoms with Gasteiger partial charge in [0.25, 0.3) is 0 Å². The van der Waals surface area contributed by atoms with E-state index in [4.69, 9.17) is 4.74 Å². The summed E-state index contributed by atoms with van der Waals surface area (Å²) < 4.78 is 5.80. The second-order valence-electron chi connectivity index (χ2n) is 5.41. The molecule has 1 unspecified atom stereocenters. The van der Waals surface area contributed by atoms with Crippen LogP contribution in [0.5, 0.6) is 0 Å². The lowest BCUT2D eigenvalue weighted by Gasteiger charge is -2.22. The molecule has 0 heterocycles. The van der Waals surface area contributed by atoms with Crippen molar-refractivity contribution in [2.24, 2.45) is 0 Å². The van der Waals surface area contributed by atoms with Crippen molar-refractivity contribution in [3.8, 4) is 0 Å². The molecule has 0 aliphatic carbocycles. The molecule has 2 nitrogen and oxygen atoms in total. The number of benzene rings is 1. The van der Waals surface area contributed by atoms with Crippen LogP contribution in [0.4, 0.5) is 0 Å². The minimum Gasteiger partial charge on any atom is -0.376 e.